The number of methoxy groups -OCH3 is 2. The van der Waals surface area contributed by atoms with E-state index in [4.69, 9.17) is 9.47 Å². The van der Waals surface area contributed by atoms with E-state index in [1.54, 1.807) is 14.2 Å². The Labute approximate surface area is 268 Å². The van der Waals surface area contributed by atoms with Crippen molar-refractivity contribution >= 4 is 34.6 Å². The number of ether oxygens (including phenoxy) is 2. The SMILES string of the molecule is CCn1cc(C(=O)C2CCCC(CC=C3C=CC=c4ccc(C(=O)CCCCCOC)c(OC)c4=CC3)CC2)c2ccccc21. The molecule has 0 N–H and O–H groups in total. The molecule has 5 rings (SSSR count). The fourth-order valence-electron chi connectivity index (χ4n) is 7.09. The number of unbranched alkanes of at least 4 members (excludes halogenated alkanes) is 2. The van der Waals surface area contributed by atoms with Gasteiger partial charge in [0.2, 0.25) is 0 Å². The van der Waals surface area contributed by atoms with Crippen molar-refractivity contribution in [2.24, 2.45) is 11.8 Å². The van der Waals surface area contributed by atoms with Crippen LogP contribution in [-0.2, 0) is 11.3 Å². The Bertz CT molecular complexity index is 1670. The molecule has 2 aliphatic carbocycles. The molecule has 45 heavy (non-hydrogen) atoms. The number of rotatable bonds is 13. The number of nitrogens with zero attached hydrogens (tertiary/aromatic N) is 1. The van der Waals surface area contributed by atoms with Crippen LogP contribution >= 0.6 is 0 Å². The Morgan fingerprint density at radius 1 is 0.978 bits per heavy atom. The van der Waals surface area contributed by atoms with Gasteiger partial charge in [-0.25, -0.2) is 0 Å². The van der Waals surface area contributed by atoms with Crippen LogP contribution in [-0.4, -0.2) is 37.0 Å². The summed E-state index contributed by atoms with van der Waals surface area (Å²) in [4.78, 5) is 26.8. The van der Waals surface area contributed by atoms with Gasteiger partial charge in [0, 0.05) is 60.5 Å². The van der Waals surface area contributed by atoms with E-state index in [2.05, 4.69) is 66.3 Å². The molecule has 2 atom stereocenters. The van der Waals surface area contributed by atoms with E-state index in [9.17, 15) is 9.59 Å². The summed E-state index contributed by atoms with van der Waals surface area (Å²) in [6, 6.07) is 12.2. The van der Waals surface area contributed by atoms with Crippen LogP contribution in [0, 0.1) is 11.8 Å². The molecule has 0 spiro atoms. The van der Waals surface area contributed by atoms with Gasteiger partial charge in [-0.3, -0.25) is 9.59 Å². The van der Waals surface area contributed by atoms with Gasteiger partial charge in [-0.2, -0.15) is 0 Å². The molecule has 5 nitrogen and oxygen atoms in total. The maximum absolute atomic E-state index is 13.7. The van der Waals surface area contributed by atoms with Gasteiger partial charge in [-0.1, -0.05) is 73.9 Å². The highest BCUT2D eigenvalue weighted by atomic mass is 16.5. The second kappa shape index (κ2) is 16.0. The Morgan fingerprint density at radius 3 is 2.67 bits per heavy atom. The molecule has 2 unspecified atom stereocenters. The summed E-state index contributed by atoms with van der Waals surface area (Å²) in [7, 11) is 3.37. The number of para-hydroxylation sites is 1. The molecule has 2 aromatic carbocycles. The Morgan fingerprint density at radius 2 is 1.84 bits per heavy atom. The molecular weight excluding hydrogens is 558 g/mol. The lowest BCUT2D eigenvalue weighted by atomic mass is 9.89. The van der Waals surface area contributed by atoms with Crippen molar-refractivity contribution in [1.29, 1.82) is 0 Å². The first kappa shape index (κ1) is 32.7. The van der Waals surface area contributed by atoms with Crippen LogP contribution in [0.4, 0.5) is 0 Å². The number of allylic oxidation sites excluding steroid dienone is 4. The molecule has 0 amide bonds. The zero-order chi connectivity index (χ0) is 31.6. The topological polar surface area (TPSA) is 57.5 Å². The minimum absolute atomic E-state index is 0.106. The van der Waals surface area contributed by atoms with Gasteiger partial charge in [-0.05, 0) is 80.7 Å². The predicted octanol–water partition coefficient (Wildman–Crippen LogP) is 7.98. The summed E-state index contributed by atoms with van der Waals surface area (Å²) in [6.45, 7) is 3.73. The molecular formula is C40H49NO4. The van der Waals surface area contributed by atoms with Crippen LogP contribution in [0.2, 0.25) is 0 Å². The van der Waals surface area contributed by atoms with Crippen LogP contribution in [0.25, 0.3) is 23.1 Å². The summed E-state index contributed by atoms with van der Waals surface area (Å²) in [6.07, 6.45) is 23.5. The van der Waals surface area contributed by atoms with Crippen LogP contribution in [0.15, 0.2) is 66.4 Å². The second-order valence-electron chi connectivity index (χ2n) is 12.6. The van der Waals surface area contributed by atoms with E-state index in [-0.39, 0.29) is 11.7 Å². The molecule has 3 aromatic rings. The first-order chi connectivity index (χ1) is 22.0. The highest BCUT2D eigenvalue weighted by Gasteiger charge is 2.27. The van der Waals surface area contributed by atoms with Gasteiger partial charge in [-0.15, -0.1) is 0 Å². The van der Waals surface area contributed by atoms with Gasteiger partial charge in [0.05, 0.1) is 12.7 Å². The number of carbonyl (C=O) groups is 2. The predicted molar refractivity (Wildman–Crippen MR) is 184 cm³/mol. The molecule has 1 saturated carbocycles. The maximum Gasteiger partial charge on any atom is 0.168 e. The Balaban J connectivity index is 1.23. The number of hydrogen-bond donors (Lipinski definition) is 0. The van der Waals surface area contributed by atoms with Crippen LogP contribution in [0.3, 0.4) is 0 Å². The third-order valence-corrected chi connectivity index (χ3v) is 9.68. The first-order valence-electron chi connectivity index (χ1n) is 16.9. The summed E-state index contributed by atoms with van der Waals surface area (Å²) in [5.74, 6) is 1.83. The monoisotopic (exact) mass is 607 g/mol. The largest absolute Gasteiger partial charge is 0.495 e. The smallest absolute Gasteiger partial charge is 0.168 e. The lowest BCUT2D eigenvalue weighted by molar-refractivity contribution is 0.0907. The minimum atomic E-state index is 0.106. The average molecular weight is 608 g/mol. The lowest BCUT2D eigenvalue weighted by Gasteiger charge is -2.14. The van der Waals surface area contributed by atoms with Crippen LogP contribution in [0.1, 0.15) is 98.3 Å². The van der Waals surface area contributed by atoms with Gasteiger partial charge in [0.25, 0.3) is 0 Å². The van der Waals surface area contributed by atoms with Gasteiger partial charge in [0.1, 0.15) is 5.75 Å². The van der Waals surface area contributed by atoms with Gasteiger partial charge in [0.15, 0.2) is 11.6 Å². The van der Waals surface area contributed by atoms with E-state index in [1.165, 1.54) is 5.57 Å². The molecule has 0 saturated heterocycles. The van der Waals surface area contributed by atoms with Gasteiger partial charge >= 0.3 is 0 Å². The number of hydrogen-bond acceptors (Lipinski definition) is 4. The van der Waals surface area contributed by atoms with Crippen molar-refractivity contribution in [2.75, 3.05) is 20.8 Å². The van der Waals surface area contributed by atoms with E-state index in [0.717, 1.165) is 104 Å². The minimum Gasteiger partial charge on any atom is -0.495 e. The molecule has 0 aliphatic heterocycles. The number of aromatic nitrogens is 1. The molecule has 0 bridgehead atoms. The van der Waals surface area contributed by atoms with Gasteiger partial charge < -0.3 is 14.0 Å². The zero-order valence-electron chi connectivity index (χ0n) is 27.4. The molecule has 5 heteroatoms. The average Bonchev–Trinajstić information content (AvgIpc) is 3.26. The summed E-state index contributed by atoms with van der Waals surface area (Å²) >= 11 is 0. The summed E-state index contributed by atoms with van der Waals surface area (Å²) in [5, 5.41) is 3.16. The standard InChI is InChI=1S/C40H49NO4/c1-4-41-28-36(34-16-7-8-17-37(34)41)39(43)32-15-11-13-29(21-23-32)19-20-30-12-10-14-31-24-26-35(40(45-3)33(31)25-22-30)38(42)18-6-5-9-27-44-2/h7-8,10,12,14,16-17,20,24-26,28-29,32H,4-6,9,11,13,15,18-19,21-23,27H2,1-3H3. The third-order valence-electron chi connectivity index (χ3n) is 9.68. The molecule has 2 aliphatic rings. The quantitative estimate of drug-likeness (QED) is 0.112. The molecule has 1 fully saturated rings. The number of Topliss-reactive ketones (excluding diaryl/α,β-unsaturated/α-hetero) is 2. The maximum atomic E-state index is 13.7. The summed E-state index contributed by atoms with van der Waals surface area (Å²) in [5.41, 5.74) is 3.99. The number of carbonyl (C=O) groups excluding carboxylic acids is 2. The van der Waals surface area contributed by atoms with E-state index >= 15 is 0 Å². The Hall–Kier alpha value is -3.70. The van der Waals surface area contributed by atoms with Crippen molar-refractivity contribution in [1.82, 2.24) is 4.57 Å². The first-order valence-corrected chi connectivity index (χ1v) is 16.9. The molecule has 1 aromatic heterocycles. The molecule has 0 radical (unpaired) electrons. The fraction of sp³-hybridized carbons (Fsp3) is 0.450. The van der Waals surface area contributed by atoms with E-state index in [0.29, 0.717) is 29.4 Å². The fourth-order valence-corrected chi connectivity index (χ4v) is 7.09. The second-order valence-corrected chi connectivity index (χ2v) is 12.6. The number of aryl methyl sites for hydroxylation is 1. The van der Waals surface area contributed by atoms with Crippen LogP contribution in [0.5, 0.6) is 5.75 Å². The van der Waals surface area contributed by atoms with Crippen molar-refractivity contribution in [3.8, 4) is 5.75 Å². The number of benzene rings is 2. The highest BCUT2D eigenvalue weighted by molar-refractivity contribution is 6.09. The zero-order valence-corrected chi connectivity index (χ0v) is 27.4. The van der Waals surface area contributed by atoms with Crippen LogP contribution < -0.4 is 15.2 Å². The highest BCUT2D eigenvalue weighted by Crippen LogP contribution is 2.34. The lowest BCUT2D eigenvalue weighted by Crippen LogP contribution is -2.28. The molecule has 1 heterocycles. The van der Waals surface area contributed by atoms with Crippen molar-refractivity contribution in [3.05, 3.63) is 88.0 Å². The summed E-state index contributed by atoms with van der Waals surface area (Å²) < 4.78 is 13.2. The Kier molecular flexibility index (Phi) is 11.6. The van der Waals surface area contributed by atoms with Crippen molar-refractivity contribution in [3.63, 3.8) is 0 Å². The number of fused-ring (bicyclic) bond motifs is 2. The number of ketones is 2. The normalized spacial score (nSPS) is 19.2. The van der Waals surface area contributed by atoms with E-state index in [1.807, 2.05) is 18.2 Å². The van der Waals surface area contributed by atoms with E-state index < -0.39 is 0 Å². The van der Waals surface area contributed by atoms with Crippen molar-refractivity contribution in [2.45, 2.75) is 84.1 Å². The third kappa shape index (κ3) is 7.94. The van der Waals surface area contributed by atoms with Crippen molar-refractivity contribution < 1.29 is 19.1 Å². The molecule has 238 valence electrons.